The minimum Gasteiger partial charge on any atom is -0.309 e. The van der Waals surface area contributed by atoms with Crippen molar-refractivity contribution in [3.05, 3.63) is 67.1 Å². The van der Waals surface area contributed by atoms with E-state index in [1.807, 2.05) is 7.05 Å². The summed E-state index contributed by atoms with van der Waals surface area (Å²) in [5, 5.41) is 3.44. The highest BCUT2D eigenvalue weighted by Crippen LogP contribution is 2.31. The van der Waals surface area contributed by atoms with Crippen molar-refractivity contribution in [2.45, 2.75) is 26.8 Å². The molecule has 0 bridgehead atoms. The summed E-state index contributed by atoms with van der Waals surface area (Å²) in [5.74, 6) is 0. The SMILES string of the molecule is CNC(c1cc(C)cc(Br)c1)c1cc(C)c(Br)cc1C. The zero-order chi connectivity index (χ0) is 14.9. The van der Waals surface area contributed by atoms with Crippen LogP contribution in [0.3, 0.4) is 0 Å². The van der Waals surface area contributed by atoms with Crippen molar-refractivity contribution >= 4 is 31.9 Å². The van der Waals surface area contributed by atoms with Gasteiger partial charge >= 0.3 is 0 Å². The second-order valence-corrected chi connectivity index (χ2v) is 7.01. The fourth-order valence-electron chi connectivity index (χ4n) is 2.55. The zero-order valence-corrected chi connectivity index (χ0v) is 15.4. The zero-order valence-electron chi connectivity index (χ0n) is 12.2. The predicted molar refractivity (Wildman–Crippen MR) is 93.4 cm³/mol. The molecule has 106 valence electrons. The molecule has 20 heavy (non-hydrogen) atoms. The fourth-order valence-corrected chi connectivity index (χ4v) is 3.63. The van der Waals surface area contributed by atoms with Crippen LogP contribution < -0.4 is 5.32 Å². The highest BCUT2D eigenvalue weighted by atomic mass is 79.9. The third-order valence-corrected chi connectivity index (χ3v) is 4.86. The standard InChI is InChI=1S/C17H19Br2N/c1-10-5-13(9-14(18)6-10)17(20-4)15-7-12(3)16(19)8-11(15)2/h5-9,17,20H,1-4H3. The fraction of sp³-hybridized carbons (Fsp3) is 0.294. The van der Waals surface area contributed by atoms with Crippen molar-refractivity contribution in [1.82, 2.24) is 5.32 Å². The maximum absolute atomic E-state index is 3.60. The van der Waals surface area contributed by atoms with Crippen LogP contribution in [0, 0.1) is 20.8 Å². The van der Waals surface area contributed by atoms with Gasteiger partial charge in [0.15, 0.2) is 0 Å². The number of halogens is 2. The van der Waals surface area contributed by atoms with Gasteiger partial charge in [0.2, 0.25) is 0 Å². The molecule has 0 aromatic heterocycles. The second-order valence-electron chi connectivity index (χ2n) is 5.24. The highest BCUT2D eigenvalue weighted by Gasteiger charge is 2.16. The first kappa shape index (κ1) is 15.7. The Morgan fingerprint density at radius 3 is 2.20 bits per heavy atom. The Balaban J connectivity index is 2.55. The van der Waals surface area contributed by atoms with Gasteiger partial charge in [0, 0.05) is 8.95 Å². The van der Waals surface area contributed by atoms with Crippen molar-refractivity contribution in [1.29, 1.82) is 0 Å². The number of nitrogens with one attached hydrogen (secondary N) is 1. The normalized spacial score (nSPS) is 12.5. The average molecular weight is 397 g/mol. The third kappa shape index (κ3) is 3.33. The molecule has 1 unspecified atom stereocenters. The van der Waals surface area contributed by atoms with Gasteiger partial charge < -0.3 is 5.32 Å². The van der Waals surface area contributed by atoms with E-state index in [0.717, 1.165) is 4.47 Å². The van der Waals surface area contributed by atoms with Gasteiger partial charge in [0.05, 0.1) is 6.04 Å². The molecule has 0 amide bonds. The van der Waals surface area contributed by atoms with E-state index >= 15 is 0 Å². The third-order valence-electron chi connectivity index (χ3n) is 3.54. The van der Waals surface area contributed by atoms with Crippen molar-refractivity contribution in [3.8, 4) is 0 Å². The molecule has 0 aliphatic rings. The van der Waals surface area contributed by atoms with Crippen LogP contribution in [0.4, 0.5) is 0 Å². The minimum absolute atomic E-state index is 0.206. The highest BCUT2D eigenvalue weighted by molar-refractivity contribution is 9.10. The van der Waals surface area contributed by atoms with Crippen LogP contribution in [0.15, 0.2) is 39.3 Å². The molecule has 2 aromatic rings. The lowest BCUT2D eigenvalue weighted by Crippen LogP contribution is -2.19. The van der Waals surface area contributed by atoms with E-state index in [1.54, 1.807) is 0 Å². The molecular weight excluding hydrogens is 378 g/mol. The van der Waals surface area contributed by atoms with E-state index in [-0.39, 0.29) is 6.04 Å². The number of hydrogen-bond acceptors (Lipinski definition) is 1. The molecule has 0 radical (unpaired) electrons. The van der Waals surface area contributed by atoms with Crippen molar-refractivity contribution in [3.63, 3.8) is 0 Å². The van der Waals surface area contributed by atoms with Crippen LogP contribution >= 0.6 is 31.9 Å². The van der Waals surface area contributed by atoms with E-state index in [0.29, 0.717) is 0 Å². The summed E-state index contributed by atoms with van der Waals surface area (Å²) in [5.41, 5.74) is 6.42. The Morgan fingerprint density at radius 1 is 0.900 bits per heavy atom. The first-order chi connectivity index (χ1) is 9.42. The molecule has 2 aromatic carbocycles. The Hall–Kier alpha value is -0.640. The molecule has 1 N–H and O–H groups in total. The Morgan fingerprint density at radius 2 is 1.60 bits per heavy atom. The number of rotatable bonds is 3. The first-order valence-corrected chi connectivity index (χ1v) is 8.22. The van der Waals surface area contributed by atoms with Crippen LogP contribution in [0.25, 0.3) is 0 Å². The largest absolute Gasteiger partial charge is 0.309 e. The molecule has 1 atom stereocenters. The lowest BCUT2D eigenvalue weighted by atomic mass is 9.93. The number of hydrogen-bond donors (Lipinski definition) is 1. The predicted octanol–water partition coefficient (Wildman–Crippen LogP) is 5.45. The van der Waals surface area contributed by atoms with Gasteiger partial charge in [-0.2, -0.15) is 0 Å². The molecule has 0 aliphatic carbocycles. The lowest BCUT2D eigenvalue weighted by molar-refractivity contribution is 0.686. The van der Waals surface area contributed by atoms with Crippen LogP contribution in [-0.4, -0.2) is 7.05 Å². The summed E-state index contributed by atoms with van der Waals surface area (Å²) in [4.78, 5) is 0. The smallest absolute Gasteiger partial charge is 0.0577 e. The molecule has 0 saturated heterocycles. The van der Waals surface area contributed by atoms with E-state index in [9.17, 15) is 0 Å². The second kappa shape index (κ2) is 6.42. The first-order valence-electron chi connectivity index (χ1n) is 6.63. The summed E-state index contributed by atoms with van der Waals surface area (Å²) >= 11 is 7.20. The van der Waals surface area contributed by atoms with Crippen molar-refractivity contribution in [2.24, 2.45) is 0 Å². The van der Waals surface area contributed by atoms with Crippen LogP contribution in [0.2, 0.25) is 0 Å². The Bertz CT molecular complexity index is 615. The van der Waals surface area contributed by atoms with Gasteiger partial charge in [-0.05, 0) is 73.8 Å². The van der Waals surface area contributed by atoms with E-state index in [2.05, 4.69) is 88.3 Å². The Kier molecular flexibility index (Phi) is 5.05. The molecule has 0 saturated carbocycles. The summed E-state index contributed by atoms with van der Waals surface area (Å²) in [6.45, 7) is 6.42. The molecule has 2 rings (SSSR count). The molecular formula is C17H19Br2N. The molecule has 0 aliphatic heterocycles. The topological polar surface area (TPSA) is 12.0 Å². The number of aryl methyl sites for hydroxylation is 3. The Labute approximate surface area is 138 Å². The van der Waals surface area contributed by atoms with Crippen molar-refractivity contribution < 1.29 is 0 Å². The summed E-state index contributed by atoms with van der Waals surface area (Å²) in [7, 11) is 2.01. The maximum atomic E-state index is 3.60. The van der Waals surface area contributed by atoms with E-state index in [4.69, 9.17) is 0 Å². The van der Waals surface area contributed by atoms with Gasteiger partial charge in [-0.15, -0.1) is 0 Å². The summed E-state index contributed by atoms with van der Waals surface area (Å²) < 4.78 is 2.29. The summed E-state index contributed by atoms with van der Waals surface area (Å²) in [6.07, 6.45) is 0. The molecule has 0 spiro atoms. The van der Waals surface area contributed by atoms with E-state index < -0.39 is 0 Å². The van der Waals surface area contributed by atoms with Crippen molar-refractivity contribution in [2.75, 3.05) is 7.05 Å². The van der Waals surface area contributed by atoms with Gasteiger partial charge in [-0.1, -0.05) is 44.0 Å². The molecule has 3 heteroatoms. The quantitative estimate of drug-likeness (QED) is 0.727. The lowest BCUT2D eigenvalue weighted by Gasteiger charge is -2.21. The monoisotopic (exact) mass is 395 g/mol. The van der Waals surface area contributed by atoms with Gasteiger partial charge in [0.25, 0.3) is 0 Å². The molecule has 1 nitrogen and oxygen atoms in total. The summed E-state index contributed by atoms with van der Waals surface area (Å²) in [6, 6.07) is 11.2. The molecule has 0 heterocycles. The van der Waals surface area contributed by atoms with Crippen LogP contribution in [0.5, 0.6) is 0 Å². The van der Waals surface area contributed by atoms with Gasteiger partial charge in [-0.3, -0.25) is 0 Å². The van der Waals surface area contributed by atoms with Gasteiger partial charge in [-0.25, -0.2) is 0 Å². The maximum Gasteiger partial charge on any atom is 0.0577 e. The van der Waals surface area contributed by atoms with Gasteiger partial charge in [0.1, 0.15) is 0 Å². The average Bonchev–Trinajstić information content (AvgIpc) is 2.35. The molecule has 0 fully saturated rings. The van der Waals surface area contributed by atoms with Crippen LogP contribution in [0.1, 0.15) is 33.9 Å². The van der Waals surface area contributed by atoms with Crippen LogP contribution in [-0.2, 0) is 0 Å². The van der Waals surface area contributed by atoms with E-state index in [1.165, 1.54) is 32.3 Å². The number of benzene rings is 2. The minimum atomic E-state index is 0.206.